The molecular weight excluding hydrogens is 386 g/mol. The average molecular weight is 402 g/mol. The van der Waals surface area contributed by atoms with Crippen molar-refractivity contribution < 1.29 is 21.6 Å². The van der Waals surface area contributed by atoms with Crippen molar-refractivity contribution in [3.05, 3.63) is 58.6 Å². The fraction of sp³-hybridized carbons (Fsp3) is 0.188. The minimum atomic E-state index is -4.30. The van der Waals surface area contributed by atoms with Gasteiger partial charge >= 0.3 is 0 Å². The van der Waals surface area contributed by atoms with Gasteiger partial charge in [0.15, 0.2) is 9.84 Å². The van der Waals surface area contributed by atoms with Gasteiger partial charge < -0.3 is 0 Å². The normalized spacial score (nSPS) is 12.0. The number of sulfone groups is 1. The van der Waals surface area contributed by atoms with E-state index in [2.05, 4.69) is 0 Å². The lowest BCUT2D eigenvalue weighted by molar-refractivity contribution is -0.118. The van der Waals surface area contributed by atoms with Gasteiger partial charge in [-0.15, -0.1) is 0 Å². The van der Waals surface area contributed by atoms with Crippen molar-refractivity contribution in [2.24, 2.45) is 0 Å². The Kier molecular flexibility index (Phi) is 5.55. The minimum Gasteiger partial charge on any atom is -0.274 e. The molecule has 0 spiro atoms. The third-order valence-electron chi connectivity index (χ3n) is 3.32. The molecule has 1 amide bonds. The molecular formula is C16H16ClNO5S2. The molecule has 9 heteroatoms. The van der Waals surface area contributed by atoms with E-state index in [1.807, 2.05) is 17.7 Å². The number of hydrogen-bond acceptors (Lipinski definition) is 5. The molecule has 1 N–H and O–H groups in total. The third kappa shape index (κ3) is 5.04. The van der Waals surface area contributed by atoms with Gasteiger partial charge in [0.05, 0.1) is 16.3 Å². The predicted octanol–water partition coefficient (Wildman–Crippen LogP) is 2.10. The Labute approximate surface area is 151 Å². The molecule has 2 aromatic carbocycles. The van der Waals surface area contributed by atoms with E-state index in [1.165, 1.54) is 6.07 Å². The van der Waals surface area contributed by atoms with Crippen LogP contribution in [0.5, 0.6) is 0 Å². The van der Waals surface area contributed by atoms with Crippen molar-refractivity contribution in [3.63, 3.8) is 0 Å². The van der Waals surface area contributed by atoms with Crippen molar-refractivity contribution in [1.82, 2.24) is 4.72 Å². The second kappa shape index (κ2) is 7.15. The molecule has 6 nitrogen and oxygen atoms in total. The molecule has 0 aliphatic carbocycles. The zero-order valence-electron chi connectivity index (χ0n) is 13.5. The summed E-state index contributed by atoms with van der Waals surface area (Å²) in [5.74, 6) is -0.744. The van der Waals surface area contributed by atoms with Crippen molar-refractivity contribution in [3.8, 4) is 0 Å². The zero-order chi connectivity index (χ0) is 18.8. The summed E-state index contributed by atoms with van der Waals surface area (Å²) in [4.78, 5) is 11.4. The van der Waals surface area contributed by atoms with Crippen LogP contribution < -0.4 is 4.72 Å². The average Bonchev–Trinajstić information content (AvgIpc) is 2.45. The predicted molar refractivity (Wildman–Crippen MR) is 94.8 cm³/mol. The molecule has 0 fully saturated rings. The van der Waals surface area contributed by atoms with E-state index in [1.54, 1.807) is 18.2 Å². The summed E-state index contributed by atoms with van der Waals surface area (Å²) in [7, 11) is -7.92. The van der Waals surface area contributed by atoms with Crippen LogP contribution in [0.2, 0.25) is 5.02 Å². The fourth-order valence-corrected chi connectivity index (χ4v) is 4.40. The number of rotatable bonds is 5. The molecule has 25 heavy (non-hydrogen) atoms. The van der Waals surface area contributed by atoms with E-state index in [0.29, 0.717) is 5.56 Å². The first-order valence-corrected chi connectivity index (χ1v) is 10.8. The van der Waals surface area contributed by atoms with Crippen molar-refractivity contribution >= 4 is 37.4 Å². The quantitative estimate of drug-likeness (QED) is 0.827. The molecule has 0 atom stereocenters. The first-order chi connectivity index (χ1) is 11.5. The number of hydrogen-bond donors (Lipinski definition) is 1. The summed E-state index contributed by atoms with van der Waals surface area (Å²) < 4.78 is 49.9. The smallest absolute Gasteiger partial charge is 0.265 e. The second-order valence-corrected chi connectivity index (χ2v) is 9.63. The summed E-state index contributed by atoms with van der Waals surface area (Å²) in [5, 5.41) is -0.178. The van der Waals surface area contributed by atoms with Crippen LogP contribution in [-0.4, -0.2) is 29.0 Å². The Balaban J connectivity index is 2.28. The van der Waals surface area contributed by atoms with Crippen LogP contribution in [0.3, 0.4) is 0 Å². The lowest BCUT2D eigenvalue weighted by atomic mass is 10.1. The van der Waals surface area contributed by atoms with Gasteiger partial charge in [0, 0.05) is 6.26 Å². The number of sulfonamides is 1. The van der Waals surface area contributed by atoms with E-state index >= 15 is 0 Å². The fourth-order valence-electron chi connectivity index (χ4n) is 2.17. The third-order valence-corrected chi connectivity index (χ3v) is 6.28. The van der Waals surface area contributed by atoms with Crippen molar-refractivity contribution in [1.29, 1.82) is 0 Å². The Morgan fingerprint density at radius 2 is 1.76 bits per heavy atom. The maximum atomic E-state index is 12.4. The molecule has 0 unspecified atom stereocenters. The van der Waals surface area contributed by atoms with Gasteiger partial charge in [0.2, 0.25) is 5.91 Å². The number of carbonyl (C=O) groups excluding carboxylic acids is 1. The molecule has 2 aromatic rings. The van der Waals surface area contributed by atoms with Gasteiger partial charge in [-0.3, -0.25) is 4.79 Å². The van der Waals surface area contributed by atoms with Gasteiger partial charge in [0.25, 0.3) is 10.0 Å². The van der Waals surface area contributed by atoms with Crippen LogP contribution in [-0.2, 0) is 31.1 Å². The Bertz CT molecular complexity index is 1030. The summed E-state index contributed by atoms with van der Waals surface area (Å²) >= 11 is 5.87. The largest absolute Gasteiger partial charge is 0.274 e. The second-order valence-electron chi connectivity index (χ2n) is 5.56. The Morgan fingerprint density at radius 1 is 1.08 bits per heavy atom. The molecule has 0 bridgehead atoms. The van der Waals surface area contributed by atoms with Crippen molar-refractivity contribution in [2.75, 3.05) is 6.26 Å². The standard InChI is InChI=1S/C16H16ClNO5S2/c1-11-4-3-5-12(8-11)9-16(19)18-25(22,23)15-10-13(24(2,20)21)6-7-14(15)17/h3-8,10H,9H2,1-2H3,(H,18,19). The summed E-state index contributed by atoms with van der Waals surface area (Å²) in [6, 6.07) is 10.4. The molecule has 0 saturated carbocycles. The van der Waals surface area contributed by atoms with E-state index < -0.39 is 30.7 Å². The molecule has 0 saturated heterocycles. The zero-order valence-corrected chi connectivity index (χ0v) is 15.9. The summed E-state index contributed by atoms with van der Waals surface area (Å²) in [6.07, 6.45) is 0.813. The SMILES string of the molecule is Cc1cccc(CC(=O)NS(=O)(=O)c2cc(S(C)(=O)=O)ccc2Cl)c1. The van der Waals surface area contributed by atoms with E-state index in [9.17, 15) is 21.6 Å². The summed E-state index contributed by atoms with van der Waals surface area (Å²) in [6.45, 7) is 1.86. The summed E-state index contributed by atoms with van der Waals surface area (Å²) in [5.41, 5.74) is 1.60. The van der Waals surface area contributed by atoms with Gasteiger partial charge in [-0.2, -0.15) is 0 Å². The highest BCUT2D eigenvalue weighted by Crippen LogP contribution is 2.24. The highest BCUT2D eigenvalue weighted by Gasteiger charge is 2.23. The van der Waals surface area contributed by atoms with E-state index in [-0.39, 0.29) is 16.3 Å². The van der Waals surface area contributed by atoms with Gasteiger partial charge in [-0.25, -0.2) is 21.6 Å². The topological polar surface area (TPSA) is 97.4 Å². The molecule has 0 radical (unpaired) electrons. The molecule has 0 aromatic heterocycles. The monoisotopic (exact) mass is 401 g/mol. The van der Waals surface area contributed by atoms with E-state index in [4.69, 9.17) is 11.6 Å². The van der Waals surface area contributed by atoms with Crippen LogP contribution in [0, 0.1) is 6.92 Å². The number of aryl methyl sites for hydroxylation is 1. The number of nitrogens with one attached hydrogen (secondary N) is 1. The van der Waals surface area contributed by atoms with Crippen molar-refractivity contribution in [2.45, 2.75) is 23.1 Å². The Hall–Kier alpha value is -1.90. The molecule has 2 rings (SSSR count). The first-order valence-electron chi connectivity index (χ1n) is 7.10. The van der Waals surface area contributed by atoms with E-state index in [0.717, 1.165) is 24.0 Å². The maximum absolute atomic E-state index is 12.4. The van der Waals surface area contributed by atoms with Crippen LogP contribution in [0.25, 0.3) is 0 Å². The lowest BCUT2D eigenvalue weighted by Gasteiger charge is -2.10. The van der Waals surface area contributed by atoms with Crippen LogP contribution in [0.4, 0.5) is 0 Å². The minimum absolute atomic E-state index is 0.135. The molecule has 134 valence electrons. The van der Waals surface area contributed by atoms with Crippen LogP contribution >= 0.6 is 11.6 Å². The number of benzene rings is 2. The van der Waals surface area contributed by atoms with Gasteiger partial charge in [0.1, 0.15) is 4.90 Å². The number of carbonyl (C=O) groups is 1. The molecule has 0 aliphatic heterocycles. The number of halogens is 1. The molecule has 0 aliphatic rings. The Morgan fingerprint density at radius 3 is 2.36 bits per heavy atom. The highest BCUT2D eigenvalue weighted by molar-refractivity contribution is 7.91. The maximum Gasteiger partial charge on any atom is 0.265 e. The lowest BCUT2D eigenvalue weighted by Crippen LogP contribution is -2.32. The molecule has 0 heterocycles. The van der Waals surface area contributed by atoms with Crippen LogP contribution in [0.1, 0.15) is 11.1 Å². The first kappa shape index (κ1) is 19.4. The van der Waals surface area contributed by atoms with Gasteiger partial charge in [-0.1, -0.05) is 41.4 Å². The number of amides is 1. The van der Waals surface area contributed by atoms with Gasteiger partial charge in [-0.05, 0) is 30.7 Å². The highest BCUT2D eigenvalue weighted by atomic mass is 35.5. The van der Waals surface area contributed by atoms with Crippen LogP contribution in [0.15, 0.2) is 52.3 Å².